The van der Waals surface area contributed by atoms with Crippen LogP contribution in [0.3, 0.4) is 0 Å². The first-order valence-electron chi connectivity index (χ1n) is 11.2. The molecule has 0 bridgehead atoms. The number of amides is 2. The number of likely N-dealkylation sites (tertiary alicyclic amines) is 2. The van der Waals surface area contributed by atoms with Crippen molar-refractivity contribution in [2.75, 3.05) is 26.2 Å². The lowest BCUT2D eigenvalue weighted by atomic mass is 9.88. The first-order valence-corrected chi connectivity index (χ1v) is 11.2. The van der Waals surface area contributed by atoms with E-state index in [1.54, 1.807) is 0 Å². The number of pyridine rings is 1. The molecule has 2 amide bonds. The van der Waals surface area contributed by atoms with Gasteiger partial charge >= 0.3 is 0 Å². The van der Waals surface area contributed by atoms with Gasteiger partial charge in [-0.2, -0.15) is 0 Å². The SMILES string of the molecule is O=C1CC[C@H](C(=O)N2CCC(c3ccncc3)CC2)CN1CCCc1ccccc1. The van der Waals surface area contributed by atoms with Crippen LogP contribution in [0.25, 0.3) is 0 Å². The summed E-state index contributed by atoms with van der Waals surface area (Å²) >= 11 is 0. The Bertz CT molecular complexity index is 832. The monoisotopic (exact) mass is 405 g/mol. The van der Waals surface area contributed by atoms with Gasteiger partial charge in [-0.3, -0.25) is 14.6 Å². The third kappa shape index (κ3) is 5.07. The van der Waals surface area contributed by atoms with E-state index in [0.29, 0.717) is 25.3 Å². The van der Waals surface area contributed by atoms with Crippen molar-refractivity contribution in [3.8, 4) is 0 Å². The van der Waals surface area contributed by atoms with Crippen molar-refractivity contribution in [1.29, 1.82) is 0 Å². The second-order valence-corrected chi connectivity index (χ2v) is 8.54. The quantitative estimate of drug-likeness (QED) is 0.737. The van der Waals surface area contributed by atoms with Gasteiger partial charge in [0, 0.05) is 45.0 Å². The minimum Gasteiger partial charge on any atom is -0.342 e. The number of hydrogen-bond donors (Lipinski definition) is 0. The molecule has 0 spiro atoms. The molecule has 1 atom stereocenters. The van der Waals surface area contributed by atoms with Gasteiger partial charge in [0.15, 0.2) is 0 Å². The number of carbonyl (C=O) groups excluding carboxylic acids is 2. The molecule has 3 heterocycles. The van der Waals surface area contributed by atoms with Crippen molar-refractivity contribution in [2.45, 2.75) is 44.4 Å². The fourth-order valence-corrected chi connectivity index (χ4v) is 4.78. The van der Waals surface area contributed by atoms with E-state index in [4.69, 9.17) is 0 Å². The number of nitrogens with zero attached hydrogens (tertiary/aromatic N) is 3. The van der Waals surface area contributed by atoms with Gasteiger partial charge in [0.25, 0.3) is 0 Å². The number of aryl methyl sites for hydroxylation is 1. The zero-order valence-electron chi connectivity index (χ0n) is 17.6. The lowest BCUT2D eigenvalue weighted by molar-refractivity contribution is -0.143. The molecule has 2 aliphatic rings. The lowest BCUT2D eigenvalue weighted by Gasteiger charge is -2.38. The average molecular weight is 406 g/mol. The number of rotatable bonds is 6. The molecule has 2 saturated heterocycles. The summed E-state index contributed by atoms with van der Waals surface area (Å²) in [7, 11) is 0. The van der Waals surface area contributed by atoms with Crippen LogP contribution in [0, 0.1) is 5.92 Å². The molecule has 2 aromatic rings. The molecule has 2 aliphatic heterocycles. The summed E-state index contributed by atoms with van der Waals surface area (Å²) < 4.78 is 0. The Morgan fingerprint density at radius 3 is 2.47 bits per heavy atom. The number of piperidine rings is 2. The number of carbonyl (C=O) groups is 2. The smallest absolute Gasteiger partial charge is 0.227 e. The van der Waals surface area contributed by atoms with Crippen LogP contribution >= 0.6 is 0 Å². The molecule has 5 heteroatoms. The van der Waals surface area contributed by atoms with Crippen LogP contribution in [0.1, 0.15) is 49.1 Å². The third-order valence-corrected chi connectivity index (χ3v) is 6.57. The number of benzene rings is 1. The van der Waals surface area contributed by atoms with Gasteiger partial charge in [-0.15, -0.1) is 0 Å². The largest absolute Gasteiger partial charge is 0.342 e. The molecule has 5 nitrogen and oxygen atoms in total. The summed E-state index contributed by atoms with van der Waals surface area (Å²) in [4.78, 5) is 33.5. The highest BCUT2D eigenvalue weighted by Gasteiger charge is 2.34. The van der Waals surface area contributed by atoms with Gasteiger partial charge in [0.2, 0.25) is 11.8 Å². The summed E-state index contributed by atoms with van der Waals surface area (Å²) in [6.45, 7) is 2.94. The number of hydrogen-bond acceptors (Lipinski definition) is 3. The van der Waals surface area contributed by atoms with E-state index in [0.717, 1.165) is 45.3 Å². The van der Waals surface area contributed by atoms with Crippen molar-refractivity contribution < 1.29 is 9.59 Å². The maximum absolute atomic E-state index is 13.1. The summed E-state index contributed by atoms with van der Waals surface area (Å²) in [6, 6.07) is 14.5. The topological polar surface area (TPSA) is 53.5 Å². The van der Waals surface area contributed by atoms with Crippen LogP contribution in [-0.2, 0) is 16.0 Å². The Hall–Kier alpha value is -2.69. The van der Waals surface area contributed by atoms with Gasteiger partial charge in [-0.1, -0.05) is 30.3 Å². The molecule has 2 fully saturated rings. The van der Waals surface area contributed by atoms with Gasteiger partial charge in [-0.05, 0) is 61.3 Å². The van der Waals surface area contributed by atoms with Crippen LogP contribution in [0.2, 0.25) is 0 Å². The van der Waals surface area contributed by atoms with Crippen LogP contribution in [-0.4, -0.2) is 52.8 Å². The highest BCUT2D eigenvalue weighted by molar-refractivity contribution is 5.84. The molecule has 158 valence electrons. The van der Waals surface area contributed by atoms with Crippen molar-refractivity contribution in [1.82, 2.24) is 14.8 Å². The van der Waals surface area contributed by atoms with Gasteiger partial charge in [-0.25, -0.2) is 0 Å². The second-order valence-electron chi connectivity index (χ2n) is 8.54. The minimum absolute atomic E-state index is 0.0445. The Kier molecular flexibility index (Phi) is 6.77. The normalized spacial score (nSPS) is 20.4. The predicted molar refractivity (Wildman–Crippen MR) is 117 cm³/mol. The molecule has 1 aromatic heterocycles. The van der Waals surface area contributed by atoms with Crippen LogP contribution < -0.4 is 0 Å². The molecule has 0 unspecified atom stereocenters. The molecular weight excluding hydrogens is 374 g/mol. The molecular formula is C25H31N3O2. The van der Waals surface area contributed by atoms with E-state index < -0.39 is 0 Å². The highest BCUT2D eigenvalue weighted by atomic mass is 16.2. The van der Waals surface area contributed by atoms with Gasteiger partial charge < -0.3 is 9.80 Å². The molecule has 0 aliphatic carbocycles. The zero-order valence-corrected chi connectivity index (χ0v) is 17.6. The van der Waals surface area contributed by atoms with E-state index in [-0.39, 0.29) is 17.7 Å². The van der Waals surface area contributed by atoms with Crippen molar-refractivity contribution >= 4 is 11.8 Å². The Morgan fingerprint density at radius 2 is 1.73 bits per heavy atom. The first kappa shape index (κ1) is 20.6. The van der Waals surface area contributed by atoms with Crippen molar-refractivity contribution in [2.24, 2.45) is 5.92 Å². The van der Waals surface area contributed by atoms with Crippen molar-refractivity contribution in [3.63, 3.8) is 0 Å². The second kappa shape index (κ2) is 9.88. The molecule has 4 rings (SSSR count). The average Bonchev–Trinajstić information content (AvgIpc) is 2.81. The Balaban J connectivity index is 1.26. The van der Waals surface area contributed by atoms with E-state index >= 15 is 0 Å². The summed E-state index contributed by atoms with van der Waals surface area (Å²) in [5.41, 5.74) is 2.62. The Morgan fingerprint density at radius 1 is 1.00 bits per heavy atom. The maximum atomic E-state index is 13.1. The molecule has 0 saturated carbocycles. The van der Waals surface area contributed by atoms with Crippen molar-refractivity contribution in [3.05, 3.63) is 66.0 Å². The van der Waals surface area contributed by atoms with E-state index in [1.807, 2.05) is 40.4 Å². The minimum atomic E-state index is -0.0445. The molecule has 0 radical (unpaired) electrons. The van der Waals surface area contributed by atoms with Crippen LogP contribution in [0.4, 0.5) is 0 Å². The summed E-state index contributed by atoms with van der Waals surface area (Å²) in [6.07, 6.45) is 8.78. The van der Waals surface area contributed by atoms with Gasteiger partial charge in [0.05, 0.1) is 5.92 Å². The maximum Gasteiger partial charge on any atom is 0.227 e. The summed E-state index contributed by atoms with van der Waals surface area (Å²) in [5.74, 6) is 0.906. The van der Waals surface area contributed by atoms with E-state index in [9.17, 15) is 9.59 Å². The standard InChI is InChI=1S/C25H31N3O2/c29-24-9-8-23(19-28(24)16-4-7-20-5-2-1-3-6-20)25(30)27-17-12-22(13-18-27)21-10-14-26-15-11-21/h1-3,5-6,10-11,14-15,22-23H,4,7-9,12-13,16-19H2/t23-/m0/s1. The fraction of sp³-hybridized carbons (Fsp3) is 0.480. The van der Waals surface area contributed by atoms with Crippen LogP contribution in [0.15, 0.2) is 54.9 Å². The van der Waals surface area contributed by atoms with E-state index in [1.165, 1.54) is 11.1 Å². The zero-order chi connectivity index (χ0) is 20.8. The Labute approximate surface area is 179 Å². The highest BCUT2D eigenvalue weighted by Crippen LogP contribution is 2.29. The van der Waals surface area contributed by atoms with E-state index in [2.05, 4.69) is 29.2 Å². The summed E-state index contributed by atoms with van der Waals surface area (Å²) in [5, 5.41) is 0. The molecule has 0 N–H and O–H groups in total. The first-order chi connectivity index (χ1) is 14.7. The van der Waals surface area contributed by atoms with Crippen LogP contribution in [0.5, 0.6) is 0 Å². The lowest BCUT2D eigenvalue weighted by Crippen LogP contribution is -2.49. The predicted octanol–water partition coefficient (Wildman–Crippen LogP) is 3.66. The fourth-order valence-electron chi connectivity index (χ4n) is 4.78. The molecule has 1 aromatic carbocycles. The third-order valence-electron chi connectivity index (χ3n) is 6.57. The molecule has 30 heavy (non-hydrogen) atoms. The van der Waals surface area contributed by atoms with Gasteiger partial charge in [0.1, 0.15) is 0 Å². The number of aromatic nitrogens is 1.